The van der Waals surface area contributed by atoms with Crippen LogP contribution in [0.2, 0.25) is 0 Å². The molecule has 0 spiro atoms. The second kappa shape index (κ2) is 47.8. The molecule has 0 amide bonds. The van der Waals surface area contributed by atoms with Crippen LogP contribution in [0.5, 0.6) is 0 Å². The zero-order chi connectivity index (χ0) is 43.0. The first kappa shape index (κ1) is 56.1. The first-order valence-electron chi connectivity index (χ1n) is 24.8. The van der Waals surface area contributed by atoms with Crippen LogP contribution in [-0.4, -0.2) is 37.2 Å². The molecule has 340 valence electrons. The quantitative estimate of drug-likeness (QED) is 0.0263. The molecule has 0 N–H and O–H groups in total. The Morgan fingerprint density at radius 2 is 0.661 bits per heavy atom. The van der Waals surface area contributed by atoms with E-state index in [2.05, 4.69) is 81.5 Å². The summed E-state index contributed by atoms with van der Waals surface area (Å²) >= 11 is 0. The fourth-order valence-electron chi connectivity index (χ4n) is 6.78. The van der Waals surface area contributed by atoms with E-state index >= 15 is 0 Å². The van der Waals surface area contributed by atoms with Gasteiger partial charge in [-0.05, 0) is 83.5 Å². The summed E-state index contributed by atoms with van der Waals surface area (Å²) in [5.41, 5.74) is 0. The van der Waals surface area contributed by atoms with Gasteiger partial charge in [-0.3, -0.25) is 14.4 Å². The minimum atomic E-state index is -0.787. The number of allylic oxidation sites excluding steroid dienone is 10. The van der Waals surface area contributed by atoms with Crippen molar-refractivity contribution in [2.75, 3.05) is 13.2 Å². The van der Waals surface area contributed by atoms with Crippen LogP contribution in [0, 0.1) is 0 Å². The van der Waals surface area contributed by atoms with Crippen molar-refractivity contribution < 1.29 is 28.6 Å². The number of hydrogen-bond acceptors (Lipinski definition) is 6. The Bertz CT molecular complexity index is 1090. The number of unbranched alkanes of at least 4 members (excludes halogenated alkanes) is 23. The fraction of sp³-hybridized carbons (Fsp3) is 0.755. The normalized spacial score (nSPS) is 12.5. The van der Waals surface area contributed by atoms with Crippen LogP contribution in [0.1, 0.15) is 239 Å². The summed E-state index contributed by atoms with van der Waals surface area (Å²) < 4.78 is 16.7. The van der Waals surface area contributed by atoms with Crippen molar-refractivity contribution in [2.45, 2.75) is 245 Å². The highest BCUT2D eigenvalue weighted by Gasteiger charge is 2.19. The third kappa shape index (κ3) is 46.0. The Morgan fingerprint density at radius 1 is 0.356 bits per heavy atom. The van der Waals surface area contributed by atoms with E-state index in [1.165, 1.54) is 96.3 Å². The lowest BCUT2D eigenvalue weighted by atomic mass is 10.1. The third-order valence-electron chi connectivity index (χ3n) is 10.5. The van der Waals surface area contributed by atoms with Crippen LogP contribution in [0.25, 0.3) is 0 Å². The van der Waals surface area contributed by atoms with Crippen LogP contribution < -0.4 is 0 Å². The highest BCUT2D eigenvalue weighted by molar-refractivity contribution is 5.71. The van der Waals surface area contributed by atoms with Crippen LogP contribution in [-0.2, 0) is 28.6 Å². The van der Waals surface area contributed by atoms with E-state index in [0.717, 1.165) is 103 Å². The molecule has 0 rings (SSSR count). The van der Waals surface area contributed by atoms with E-state index in [1.54, 1.807) is 0 Å². The molecule has 0 aliphatic heterocycles. The number of esters is 3. The van der Waals surface area contributed by atoms with Crippen molar-refractivity contribution in [2.24, 2.45) is 0 Å². The Hall–Kier alpha value is -2.89. The molecule has 6 nitrogen and oxygen atoms in total. The van der Waals surface area contributed by atoms with Gasteiger partial charge in [-0.1, -0.05) is 197 Å². The van der Waals surface area contributed by atoms with E-state index < -0.39 is 6.10 Å². The SMILES string of the molecule is CC/C=C\C/C=C\C/C=C\C/C=C\CCCCCC(=O)OCC(COC(=O)CCCCCCCCCCC)OC(=O)CCCCCCC/C=C\CCCCCCCCC. The maximum absolute atomic E-state index is 12.8. The van der Waals surface area contributed by atoms with Crippen molar-refractivity contribution in [1.82, 2.24) is 0 Å². The molecular formula is C53H92O6. The number of rotatable bonds is 44. The van der Waals surface area contributed by atoms with E-state index in [1.807, 2.05) is 0 Å². The Kier molecular flexibility index (Phi) is 45.4. The molecule has 0 aliphatic rings. The first-order chi connectivity index (χ1) is 29.0. The molecule has 0 aromatic rings. The number of hydrogen-bond donors (Lipinski definition) is 0. The van der Waals surface area contributed by atoms with Gasteiger partial charge in [0.2, 0.25) is 0 Å². The van der Waals surface area contributed by atoms with E-state index in [0.29, 0.717) is 19.3 Å². The lowest BCUT2D eigenvalue weighted by Crippen LogP contribution is -2.30. The average Bonchev–Trinajstić information content (AvgIpc) is 3.23. The van der Waals surface area contributed by atoms with E-state index in [4.69, 9.17) is 14.2 Å². The van der Waals surface area contributed by atoms with Gasteiger partial charge in [-0.2, -0.15) is 0 Å². The first-order valence-corrected chi connectivity index (χ1v) is 24.8. The summed E-state index contributed by atoms with van der Waals surface area (Å²) in [6.07, 6.45) is 57.8. The van der Waals surface area contributed by atoms with Crippen molar-refractivity contribution in [3.63, 3.8) is 0 Å². The molecule has 0 aromatic heterocycles. The Balaban J connectivity index is 4.40. The van der Waals surface area contributed by atoms with Crippen LogP contribution in [0.3, 0.4) is 0 Å². The smallest absolute Gasteiger partial charge is 0.306 e. The summed E-state index contributed by atoms with van der Waals surface area (Å²) in [4.78, 5) is 37.8. The molecule has 0 heterocycles. The zero-order valence-corrected chi connectivity index (χ0v) is 38.8. The molecule has 1 atom stereocenters. The summed E-state index contributed by atoms with van der Waals surface area (Å²) in [5, 5.41) is 0. The predicted octanol–water partition coefficient (Wildman–Crippen LogP) is 16.1. The van der Waals surface area contributed by atoms with Gasteiger partial charge in [0.15, 0.2) is 6.10 Å². The average molecular weight is 825 g/mol. The molecule has 0 aromatic carbocycles. The lowest BCUT2D eigenvalue weighted by Gasteiger charge is -2.18. The standard InChI is InChI=1S/C53H92O6/c1-4-7-10-13-16-19-21-23-25-27-29-31-34-37-40-43-46-52(55)58-49-50(48-57-51(54)45-42-39-36-33-18-15-12-9-6-3)59-53(56)47-44-41-38-35-32-30-28-26-24-22-20-17-14-11-8-5-2/h7,10,16,19,23,25-26,28-29,31,50H,4-6,8-9,11-15,17-18,20-22,24,27,30,32-49H2,1-3H3/b10-7-,19-16-,25-23-,28-26-,31-29-. The van der Waals surface area contributed by atoms with Gasteiger partial charge in [0, 0.05) is 19.3 Å². The van der Waals surface area contributed by atoms with Crippen molar-refractivity contribution >= 4 is 17.9 Å². The van der Waals surface area contributed by atoms with E-state index in [-0.39, 0.29) is 31.1 Å². The molecule has 0 aliphatic carbocycles. The number of carbonyl (C=O) groups is 3. The van der Waals surface area contributed by atoms with Crippen LogP contribution >= 0.6 is 0 Å². The predicted molar refractivity (Wildman–Crippen MR) is 251 cm³/mol. The molecule has 1 unspecified atom stereocenters. The van der Waals surface area contributed by atoms with Crippen molar-refractivity contribution in [3.05, 3.63) is 60.8 Å². The summed E-state index contributed by atoms with van der Waals surface area (Å²) in [6.45, 7) is 6.47. The van der Waals surface area contributed by atoms with Crippen LogP contribution in [0.15, 0.2) is 60.8 Å². The Morgan fingerprint density at radius 3 is 1.07 bits per heavy atom. The molecule has 59 heavy (non-hydrogen) atoms. The van der Waals surface area contributed by atoms with Gasteiger partial charge in [0.05, 0.1) is 0 Å². The minimum Gasteiger partial charge on any atom is -0.462 e. The van der Waals surface area contributed by atoms with Gasteiger partial charge in [0.1, 0.15) is 13.2 Å². The largest absolute Gasteiger partial charge is 0.462 e. The van der Waals surface area contributed by atoms with Crippen LogP contribution in [0.4, 0.5) is 0 Å². The highest BCUT2D eigenvalue weighted by atomic mass is 16.6. The van der Waals surface area contributed by atoms with Gasteiger partial charge in [0.25, 0.3) is 0 Å². The molecule has 0 bridgehead atoms. The maximum Gasteiger partial charge on any atom is 0.306 e. The molecule has 6 heteroatoms. The zero-order valence-electron chi connectivity index (χ0n) is 38.8. The van der Waals surface area contributed by atoms with Crippen molar-refractivity contribution in [3.8, 4) is 0 Å². The molecule has 0 saturated heterocycles. The molecule has 0 saturated carbocycles. The second-order valence-electron chi connectivity index (χ2n) is 16.3. The van der Waals surface area contributed by atoms with Gasteiger partial charge < -0.3 is 14.2 Å². The molecule has 0 fully saturated rings. The van der Waals surface area contributed by atoms with Gasteiger partial charge in [-0.25, -0.2) is 0 Å². The summed E-state index contributed by atoms with van der Waals surface area (Å²) in [5.74, 6) is -0.928. The number of carbonyl (C=O) groups excluding carboxylic acids is 3. The summed E-state index contributed by atoms with van der Waals surface area (Å²) in [6, 6.07) is 0. The monoisotopic (exact) mass is 825 g/mol. The topological polar surface area (TPSA) is 78.9 Å². The maximum atomic E-state index is 12.8. The molecular weight excluding hydrogens is 733 g/mol. The molecule has 0 radical (unpaired) electrons. The highest BCUT2D eigenvalue weighted by Crippen LogP contribution is 2.14. The lowest BCUT2D eigenvalue weighted by molar-refractivity contribution is -0.167. The third-order valence-corrected chi connectivity index (χ3v) is 10.5. The van der Waals surface area contributed by atoms with Gasteiger partial charge in [-0.15, -0.1) is 0 Å². The summed E-state index contributed by atoms with van der Waals surface area (Å²) in [7, 11) is 0. The second-order valence-corrected chi connectivity index (χ2v) is 16.3. The van der Waals surface area contributed by atoms with Gasteiger partial charge >= 0.3 is 17.9 Å². The number of ether oxygens (including phenoxy) is 3. The van der Waals surface area contributed by atoms with E-state index in [9.17, 15) is 14.4 Å². The van der Waals surface area contributed by atoms with Crippen molar-refractivity contribution in [1.29, 1.82) is 0 Å². The Labute approximate surface area is 364 Å². The fourth-order valence-corrected chi connectivity index (χ4v) is 6.78. The minimum absolute atomic E-state index is 0.0867.